The van der Waals surface area contributed by atoms with Crippen LogP contribution in [0, 0.1) is 0 Å². The van der Waals surface area contributed by atoms with Gasteiger partial charge in [0.2, 0.25) is 0 Å². The van der Waals surface area contributed by atoms with Crippen LogP contribution in [-0.4, -0.2) is 38.6 Å². The molecule has 2 aromatic heterocycles. The van der Waals surface area contributed by atoms with E-state index in [1.807, 2.05) is 64.0 Å². The van der Waals surface area contributed by atoms with Crippen molar-refractivity contribution in [3.8, 4) is 0 Å². The third-order valence-electron chi connectivity index (χ3n) is 5.45. The minimum Gasteiger partial charge on any atom is -0.324 e. The van der Waals surface area contributed by atoms with Crippen molar-refractivity contribution < 1.29 is 4.79 Å². The van der Waals surface area contributed by atoms with Gasteiger partial charge in [0, 0.05) is 30.6 Å². The Hall–Kier alpha value is -3.41. The Kier molecular flexibility index (Phi) is 4.16. The van der Waals surface area contributed by atoms with Gasteiger partial charge >= 0.3 is 6.03 Å². The van der Waals surface area contributed by atoms with Crippen molar-refractivity contribution >= 4 is 28.1 Å². The summed E-state index contributed by atoms with van der Waals surface area (Å²) in [5.41, 5.74) is 1.69. The molecule has 0 bridgehead atoms. The first-order chi connectivity index (χ1) is 13.8. The van der Waals surface area contributed by atoms with Crippen LogP contribution < -0.4 is 5.32 Å². The van der Waals surface area contributed by atoms with Crippen LogP contribution in [0.2, 0.25) is 0 Å². The van der Waals surface area contributed by atoms with Crippen molar-refractivity contribution in [2.45, 2.75) is 18.8 Å². The fourth-order valence-electron chi connectivity index (χ4n) is 4.04. The second kappa shape index (κ2) is 6.96. The van der Waals surface area contributed by atoms with Crippen molar-refractivity contribution in [1.29, 1.82) is 0 Å². The summed E-state index contributed by atoms with van der Waals surface area (Å²) in [6.45, 7) is 1.40. The minimum atomic E-state index is -0.0603. The lowest BCUT2D eigenvalue weighted by atomic mass is 9.97. The zero-order chi connectivity index (χ0) is 18.9. The Labute approximate surface area is 162 Å². The van der Waals surface area contributed by atoms with E-state index >= 15 is 0 Å². The number of likely N-dealkylation sites (tertiary alicyclic amines) is 1. The molecule has 5 rings (SSSR count). The van der Waals surface area contributed by atoms with Crippen LogP contribution in [0.5, 0.6) is 0 Å². The molecule has 6 heteroatoms. The quantitative estimate of drug-likeness (QED) is 0.572. The Balaban J connectivity index is 1.37. The molecule has 1 N–H and O–H groups in total. The first-order valence-corrected chi connectivity index (χ1v) is 9.63. The van der Waals surface area contributed by atoms with Gasteiger partial charge in [-0.05, 0) is 36.4 Å². The first-order valence-electron chi connectivity index (χ1n) is 9.63. The molecular weight excluding hydrogens is 350 g/mol. The Morgan fingerprint density at radius 3 is 2.82 bits per heavy atom. The lowest BCUT2D eigenvalue weighted by Crippen LogP contribution is -2.42. The molecule has 2 amide bonds. The van der Waals surface area contributed by atoms with E-state index in [2.05, 4.69) is 27.6 Å². The summed E-state index contributed by atoms with van der Waals surface area (Å²) in [5, 5.41) is 13.9. The molecule has 6 nitrogen and oxygen atoms in total. The lowest BCUT2D eigenvalue weighted by Gasteiger charge is -2.32. The zero-order valence-corrected chi connectivity index (χ0v) is 15.5. The Bertz CT molecular complexity index is 1150. The highest BCUT2D eigenvalue weighted by Crippen LogP contribution is 2.28. The molecule has 0 aliphatic carbocycles. The molecular formula is C22H21N5O. The number of fused-ring (bicyclic) bond motifs is 2. The van der Waals surface area contributed by atoms with Crippen molar-refractivity contribution in [3.63, 3.8) is 0 Å². The van der Waals surface area contributed by atoms with E-state index in [1.165, 1.54) is 0 Å². The molecule has 28 heavy (non-hydrogen) atoms. The van der Waals surface area contributed by atoms with Gasteiger partial charge in [-0.1, -0.05) is 42.5 Å². The molecule has 1 saturated heterocycles. The van der Waals surface area contributed by atoms with E-state index in [9.17, 15) is 4.79 Å². The van der Waals surface area contributed by atoms with Crippen LogP contribution in [0.4, 0.5) is 10.5 Å². The number of piperidine rings is 1. The number of nitrogens with one attached hydrogen (secondary N) is 1. The van der Waals surface area contributed by atoms with Crippen LogP contribution in [0.3, 0.4) is 0 Å². The fraction of sp³-hybridized carbons (Fsp3) is 0.227. The third kappa shape index (κ3) is 2.97. The second-order valence-electron chi connectivity index (χ2n) is 7.23. The molecule has 4 aromatic rings. The van der Waals surface area contributed by atoms with Crippen molar-refractivity contribution in [2.75, 3.05) is 18.4 Å². The molecule has 0 unspecified atom stereocenters. The van der Waals surface area contributed by atoms with Crippen LogP contribution in [0.15, 0.2) is 66.9 Å². The highest BCUT2D eigenvalue weighted by Gasteiger charge is 2.28. The number of pyridine rings is 1. The summed E-state index contributed by atoms with van der Waals surface area (Å²) in [6.07, 6.45) is 3.95. The number of carbonyl (C=O) groups excluding carboxylic acids is 1. The number of anilines is 1. The molecule has 2 aromatic carbocycles. The average molecular weight is 371 g/mol. The molecule has 0 saturated carbocycles. The topological polar surface area (TPSA) is 62.5 Å². The number of benzene rings is 2. The van der Waals surface area contributed by atoms with Crippen molar-refractivity contribution in [2.24, 2.45) is 0 Å². The van der Waals surface area contributed by atoms with Gasteiger partial charge in [-0.25, -0.2) is 4.79 Å². The molecule has 1 aliphatic rings. The van der Waals surface area contributed by atoms with Crippen LogP contribution in [0.25, 0.3) is 16.4 Å². The Morgan fingerprint density at radius 1 is 1.00 bits per heavy atom. The normalized spacial score (nSPS) is 17.1. The van der Waals surface area contributed by atoms with Gasteiger partial charge in [0.1, 0.15) is 5.82 Å². The first kappa shape index (κ1) is 16.7. The summed E-state index contributed by atoms with van der Waals surface area (Å²) < 4.78 is 2.02. The van der Waals surface area contributed by atoms with E-state index in [1.54, 1.807) is 0 Å². The summed E-state index contributed by atoms with van der Waals surface area (Å²) in [5.74, 6) is 1.11. The monoisotopic (exact) mass is 371 g/mol. The number of amides is 2. The zero-order valence-electron chi connectivity index (χ0n) is 15.5. The SMILES string of the molecule is O=C(Nc1cccc2ccccc12)N1CCC[C@@H](c2nnc3ccccn23)C1. The number of aromatic nitrogens is 3. The van der Waals surface area contributed by atoms with E-state index in [0.29, 0.717) is 6.54 Å². The smallest absolute Gasteiger partial charge is 0.321 e. The maximum Gasteiger partial charge on any atom is 0.321 e. The number of hydrogen-bond donors (Lipinski definition) is 1. The molecule has 1 fully saturated rings. The second-order valence-corrected chi connectivity index (χ2v) is 7.23. The van der Waals surface area contributed by atoms with Gasteiger partial charge in [0.05, 0.1) is 5.69 Å². The predicted molar refractivity (Wildman–Crippen MR) is 110 cm³/mol. The largest absolute Gasteiger partial charge is 0.324 e. The molecule has 1 aliphatic heterocycles. The molecule has 0 spiro atoms. The number of rotatable bonds is 2. The summed E-state index contributed by atoms with van der Waals surface area (Å²) in [4.78, 5) is 14.9. The highest BCUT2D eigenvalue weighted by molar-refractivity contribution is 6.01. The van der Waals surface area contributed by atoms with Crippen LogP contribution in [0.1, 0.15) is 24.6 Å². The molecule has 3 heterocycles. The lowest BCUT2D eigenvalue weighted by molar-refractivity contribution is 0.191. The summed E-state index contributed by atoms with van der Waals surface area (Å²) in [7, 11) is 0. The third-order valence-corrected chi connectivity index (χ3v) is 5.45. The highest BCUT2D eigenvalue weighted by atomic mass is 16.2. The van der Waals surface area contributed by atoms with Gasteiger partial charge in [-0.15, -0.1) is 10.2 Å². The summed E-state index contributed by atoms with van der Waals surface area (Å²) in [6, 6.07) is 19.9. The van der Waals surface area contributed by atoms with Gasteiger partial charge in [-0.2, -0.15) is 0 Å². The number of carbonyl (C=O) groups is 1. The van der Waals surface area contributed by atoms with Crippen LogP contribution in [-0.2, 0) is 0 Å². The average Bonchev–Trinajstić information content (AvgIpc) is 3.18. The van der Waals surface area contributed by atoms with E-state index < -0.39 is 0 Å². The Morgan fingerprint density at radius 2 is 1.86 bits per heavy atom. The van der Waals surface area contributed by atoms with Gasteiger partial charge in [-0.3, -0.25) is 4.40 Å². The van der Waals surface area contributed by atoms with Crippen LogP contribution >= 0.6 is 0 Å². The van der Waals surface area contributed by atoms with Gasteiger partial charge in [0.25, 0.3) is 0 Å². The summed E-state index contributed by atoms with van der Waals surface area (Å²) >= 11 is 0. The number of nitrogens with zero attached hydrogens (tertiary/aromatic N) is 4. The predicted octanol–water partition coefficient (Wildman–Crippen LogP) is 4.29. The van der Waals surface area contributed by atoms with Crippen molar-refractivity contribution in [1.82, 2.24) is 19.5 Å². The van der Waals surface area contributed by atoms with Gasteiger partial charge in [0.15, 0.2) is 5.65 Å². The maximum atomic E-state index is 13.0. The fourth-order valence-corrected chi connectivity index (χ4v) is 4.04. The van der Waals surface area contributed by atoms with Crippen molar-refractivity contribution in [3.05, 3.63) is 72.7 Å². The minimum absolute atomic E-state index is 0.0603. The maximum absolute atomic E-state index is 13.0. The molecule has 140 valence electrons. The van der Waals surface area contributed by atoms with E-state index in [4.69, 9.17) is 0 Å². The molecule has 0 radical (unpaired) electrons. The standard InChI is InChI=1S/C22H21N5O/c28-22(23-19-11-5-8-16-7-1-2-10-18(16)19)26-13-6-9-17(15-26)21-25-24-20-12-3-4-14-27(20)21/h1-5,7-8,10-12,14,17H,6,9,13,15H2,(H,23,28)/t17-/m1/s1. The van der Waals surface area contributed by atoms with Gasteiger partial charge < -0.3 is 10.2 Å². The van der Waals surface area contributed by atoms with E-state index in [-0.39, 0.29) is 11.9 Å². The molecule has 1 atom stereocenters. The number of hydrogen-bond acceptors (Lipinski definition) is 3. The van der Waals surface area contributed by atoms with E-state index in [0.717, 1.165) is 47.3 Å². The number of urea groups is 1.